The minimum absolute atomic E-state index is 0.00505. The molecule has 0 heterocycles. The van der Waals surface area contributed by atoms with E-state index >= 15 is 0 Å². The number of likely N-dealkylation sites (N-methyl/N-ethyl adjacent to an activating group) is 1. The summed E-state index contributed by atoms with van der Waals surface area (Å²) >= 11 is 0. The van der Waals surface area contributed by atoms with Crippen molar-refractivity contribution in [3.63, 3.8) is 0 Å². The molecule has 0 aliphatic heterocycles. The number of rotatable bonds is 2. The van der Waals surface area contributed by atoms with Crippen LogP contribution in [-0.2, 0) is 0 Å². The fraction of sp³-hybridized carbons (Fsp3) is 1.00. The van der Waals surface area contributed by atoms with Crippen LogP contribution in [0.15, 0.2) is 0 Å². The van der Waals surface area contributed by atoms with Crippen LogP contribution >= 0.6 is 0 Å². The van der Waals surface area contributed by atoms with Crippen LogP contribution in [0.5, 0.6) is 0 Å². The molecule has 0 spiro atoms. The van der Waals surface area contributed by atoms with Gasteiger partial charge in [0.2, 0.25) is 5.92 Å². The lowest BCUT2D eigenvalue weighted by Crippen LogP contribution is -2.57. The first kappa shape index (κ1) is 13.8. The zero-order chi connectivity index (χ0) is 12.6. The average Bonchev–Trinajstić information content (AvgIpc) is 2.05. The number of hydrogen-bond donors (Lipinski definition) is 1. The smallest absolute Gasteiger partial charge is 0.249 e. The molecule has 16 heavy (non-hydrogen) atoms. The van der Waals surface area contributed by atoms with E-state index in [1.165, 1.54) is 0 Å². The summed E-state index contributed by atoms with van der Waals surface area (Å²) in [6, 6.07) is 0.0811. The Bertz CT molecular complexity index is 234. The van der Waals surface area contributed by atoms with Gasteiger partial charge in [-0.2, -0.15) is 0 Å². The Morgan fingerprint density at radius 2 is 1.81 bits per heavy atom. The lowest BCUT2D eigenvalue weighted by atomic mass is 9.85. The predicted molar refractivity (Wildman–Crippen MR) is 62.9 cm³/mol. The fourth-order valence-electron chi connectivity index (χ4n) is 2.38. The van der Waals surface area contributed by atoms with E-state index in [0.717, 1.165) is 0 Å². The zero-order valence-electron chi connectivity index (χ0n) is 11.0. The second kappa shape index (κ2) is 4.57. The van der Waals surface area contributed by atoms with Gasteiger partial charge in [0.15, 0.2) is 0 Å². The minimum atomic E-state index is -2.50. The maximum Gasteiger partial charge on any atom is 0.249 e. The molecule has 1 aliphatic rings. The van der Waals surface area contributed by atoms with Crippen LogP contribution < -0.4 is 5.32 Å². The van der Waals surface area contributed by atoms with E-state index in [1.807, 2.05) is 19.0 Å². The van der Waals surface area contributed by atoms with Crippen molar-refractivity contribution in [1.29, 1.82) is 0 Å². The lowest BCUT2D eigenvalue weighted by molar-refractivity contribution is -0.0692. The van der Waals surface area contributed by atoms with E-state index in [1.54, 1.807) is 0 Å². The standard InChI is InChI=1S/C12H24F2N2/c1-11(2,3)15-9-6-7-12(13,14)8-10(9)16(4)5/h9-10,15H,6-8H2,1-5H3/t9-,10-/m1/s1. The Morgan fingerprint density at radius 3 is 2.25 bits per heavy atom. The zero-order valence-corrected chi connectivity index (χ0v) is 11.0. The normalized spacial score (nSPS) is 30.8. The molecule has 0 aromatic rings. The third-order valence-corrected chi connectivity index (χ3v) is 3.08. The van der Waals surface area contributed by atoms with Crippen molar-refractivity contribution in [1.82, 2.24) is 10.2 Å². The molecular formula is C12H24F2N2. The average molecular weight is 234 g/mol. The van der Waals surface area contributed by atoms with Crippen molar-refractivity contribution in [2.24, 2.45) is 0 Å². The third-order valence-electron chi connectivity index (χ3n) is 3.08. The fourth-order valence-corrected chi connectivity index (χ4v) is 2.38. The third kappa shape index (κ3) is 3.98. The quantitative estimate of drug-likeness (QED) is 0.789. The number of hydrogen-bond acceptors (Lipinski definition) is 2. The SMILES string of the molecule is CN(C)[C@@H]1CC(F)(F)CC[C@H]1NC(C)(C)C. The number of alkyl halides is 2. The Balaban J connectivity index is 2.70. The van der Waals surface area contributed by atoms with Crippen molar-refractivity contribution >= 4 is 0 Å². The van der Waals surface area contributed by atoms with Crippen molar-refractivity contribution in [3.05, 3.63) is 0 Å². The van der Waals surface area contributed by atoms with Gasteiger partial charge in [-0.05, 0) is 41.3 Å². The highest BCUT2D eigenvalue weighted by molar-refractivity contribution is 4.95. The first-order valence-electron chi connectivity index (χ1n) is 5.93. The molecular weight excluding hydrogens is 210 g/mol. The van der Waals surface area contributed by atoms with Gasteiger partial charge in [-0.3, -0.25) is 0 Å². The molecule has 2 atom stereocenters. The van der Waals surface area contributed by atoms with Crippen LogP contribution in [0, 0.1) is 0 Å². The molecule has 0 amide bonds. The summed E-state index contributed by atoms with van der Waals surface area (Å²) in [6.07, 6.45) is 0.520. The van der Waals surface area contributed by atoms with E-state index in [2.05, 4.69) is 26.1 Å². The van der Waals surface area contributed by atoms with Crippen LogP contribution in [-0.4, -0.2) is 42.5 Å². The summed E-state index contributed by atoms with van der Waals surface area (Å²) in [5.41, 5.74) is -0.0223. The van der Waals surface area contributed by atoms with Gasteiger partial charge in [-0.1, -0.05) is 0 Å². The predicted octanol–water partition coefficient (Wildman–Crippen LogP) is 2.49. The molecule has 0 aromatic heterocycles. The Morgan fingerprint density at radius 1 is 1.25 bits per heavy atom. The topological polar surface area (TPSA) is 15.3 Å². The van der Waals surface area contributed by atoms with Crippen LogP contribution in [0.1, 0.15) is 40.0 Å². The molecule has 0 saturated heterocycles. The summed E-state index contributed by atoms with van der Waals surface area (Å²) in [5, 5.41) is 3.45. The molecule has 1 rings (SSSR count). The molecule has 4 heteroatoms. The summed E-state index contributed by atoms with van der Waals surface area (Å²) in [7, 11) is 3.76. The van der Waals surface area contributed by atoms with Gasteiger partial charge in [-0.15, -0.1) is 0 Å². The Hall–Kier alpha value is -0.220. The van der Waals surface area contributed by atoms with Crippen molar-refractivity contribution < 1.29 is 8.78 Å². The summed E-state index contributed by atoms with van der Waals surface area (Å²) < 4.78 is 26.7. The first-order valence-corrected chi connectivity index (χ1v) is 5.93. The van der Waals surface area contributed by atoms with Crippen LogP contribution in [0.2, 0.25) is 0 Å². The van der Waals surface area contributed by atoms with Gasteiger partial charge in [0.25, 0.3) is 0 Å². The summed E-state index contributed by atoms with van der Waals surface area (Å²) in [6.45, 7) is 6.23. The highest BCUT2D eigenvalue weighted by Crippen LogP contribution is 2.35. The number of nitrogens with one attached hydrogen (secondary N) is 1. The molecule has 0 bridgehead atoms. The molecule has 1 saturated carbocycles. The van der Waals surface area contributed by atoms with Crippen molar-refractivity contribution in [2.75, 3.05) is 14.1 Å². The monoisotopic (exact) mass is 234 g/mol. The van der Waals surface area contributed by atoms with Crippen LogP contribution in [0.25, 0.3) is 0 Å². The number of halogens is 2. The lowest BCUT2D eigenvalue weighted by Gasteiger charge is -2.42. The maximum absolute atomic E-state index is 13.4. The summed E-state index contributed by atoms with van der Waals surface area (Å²) in [5.74, 6) is -2.50. The van der Waals surface area contributed by atoms with Crippen LogP contribution in [0.4, 0.5) is 8.78 Å². The molecule has 1 fully saturated rings. The molecule has 2 nitrogen and oxygen atoms in total. The van der Waals surface area contributed by atoms with E-state index in [-0.39, 0.29) is 30.5 Å². The first-order chi connectivity index (χ1) is 7.11. The maximum atomic E-state index is 13.4. The molecule has 0 unspecified atom stereocenters. The largest absolute Gasteiger partial charge is 0.308 e. The summed E-state index contributed by atoms with van der Waals surface area (Å²) in [4.78, 5) is 1.91. The van der Waals surface area contributed by atoms with Gasteiger partial charge >= 0.3 is 0 Å². The van der Waals surface area contributed by atoms with Crippen molar-refractivity contribution in [2.45, 2.75) is 63.6 Å². The molecule has 96 valence electrons. The van der Waals surface area contributed by atoms with E-state index in [0.29, 0.717) is 6.42 Å². The second-order valence-corrected chi connectivity index (χ2v) is 6.13. The molecule has 1 N–H and O–H groups in total. The van der Waals surface area contributed by atoms with Gasteiger partial charge in [0.05, 0.1) is 0 Å². The number of nitrogens with zero attached hydrogens (tertiary/aromatic N) is 1. The Kier molecular flexibility index (Phi) is 3.95. The van der Waals surface area contributed by atoms with E-state index in [4.69, 9.17) is 0 Å². The van der Waals surface area contributed by atoms with E-state index < -0.39 is 5.92 Å². The highest BCUT2D eigenvalue weighted by Gasteiger charge is 2.42. The van der Waals surface area contributed by atoms with Crippen molar-refractivity contribution in [3.8, 4) is 0 Å². The molecule has 0 radical (unpaired) electrons. The minimum Gasteiger partial charge on any atom is -0.308 e. The second-order valence-electron chi connectivity index (χ2n) is 6.13. The molecule has 0 aromatic carbocycles. The Labute approximate surface area is 97.4 Å². The van der Waals surface area contributed by atoms with Gasteiger partial charge in [-0.25, -0.2) is 8.78 Å². The van der Waals surface area contributed by atoms with Gasteiger partial charge < -0.3 is 10.2 Å². The van der Waals surface area contributed by atoms with Crippen LogP contribution in [0.3, 0.4) is 0 Å². The van der Waals surface area contributed by atoms with Gasteiger partial charge in [0, 0.05) is 30.5 Å². The van der Waals surface area contributed by atoms with Gasteiger partial charge in [0.1, 0.15) is 0 Å². The highest BCUT2D eigenvalue weighted by atomic mass is 19.3. The molecule has 1 aliphatic carbocycles. The van der Waals surface area contributed by atoms with E-state index in [9.17, 15) is 8.78 Å².